The highest BCUT2D eigenvalue weighted by molar-refractivity contribution is 7.14. The molecule has 2 heterocycles. The summed E-state index contributed by atoms with van der Waals surface area (Å²) in [5, 5.41) is 5.09. The maximum atomic E-state index is 13.4. The number of imide groups is 1. The van der Waals surface area contributed by atoms with Crippen molar-refractivity contribution in [3.63, 3.8) is 0 Å². The minimum Gasteiger partial charge on any atom is -0.300 e. The second-order valence-electron chi connectivity index (χ2n) is 7.62. The summed E-state index contributed by atoms with van der Waals surface area (Å²) >= 11 is 1.30. The molecule has 0 spiro atoms. The number of nitrogens with one attached hydrogen (secondary N) is 1. The number of anilines is 1. The summed E-state index contributed by atoms with van der Waals surface area (Å²) in [6, 6.07) is 24.6. The van der Waals surface area contributed by atoms with E-state index < -0.39 is 23.8 Å². The van der Waals surface area contributed by atoms with Gasteiger partial charge in [-0.3, -0.25) is 19.3 Å². The van der Waals surface area contributed by atoms with Gasteiger partial charge < -0.3 is 5.32 Å². The van der Waals surface area contributed by atoms with Crippen molar-refractivity contribution in [2.75, 3.05) is 5.32 Å². The number of fused-ring (bicyclic) bond motifs is 1. The summed E-state index contributed by atoms with van der Waals surface area (Å²) in [6.45, 7) is 0. The SMILES string of the molecule is O=C(Nc1nc(-c2ccccc2)cs1)C(Cc1ccccc1)N1C(=O)c2ccccc2C1=O. The van der Waals surface area contributed by atoms with Crippen molar-refractivity contribution in [2.45, 2.75) is 12.5 Å². The van der Waals surface area contributed by atoms with Crippen LogP contribution in [0, 0.1) is 0 Å². The Hall–Kier alpha value is -4.10. The van der Waals surface area contributed by atoms with Crippen LogP contribution in [0.4, 0.5) is 5.13 Å². The van der Waals surface area contributed by atoms with Crippen LogP contribution in [-0.4, -0.2) is 33.6 Å². The van der Waals surface area contributed by atoms with Gasteiger partial charge in [0.05, 0.1) is 16.8 Å². The van der Waals surface area contributed by atoms with E-state index in [4.69, 9.17) is 0 Å². The van der Waals surface area contributed by atoms with E-state index in [2.05, 4.69) is 10.3 Å². The third-order valence-electron chi connectivity index (χ3n) is 5.52. The smallest absolute Gasteiger partial charge is 0.262 e. The molecule has 7 heteroatoms. The molecule has 0 fully saturated rings. The predicted octanol–water partition coefficient (Wildman–Crippen LogP) is 4.66. The van der Waals surface area contributed by atoms with Crippen molar-refractivity contribution in [3.05, 3.63) is 107 Å². The monoisotopic (exact) mass is 453 g/mol. The molecule has 0 aliphatic carbocycles. The molecule has 1 atom stereocenters. The van der Waals surface area contributed by atoms with Crippen LogP contribution in [0.25, 0.3) is 11.3 Å². The Morgan fingerprint density at radius 1 is 0.848 bits per heavy atom. The first kappa shape index (κ1) is 20.8. The van der Waals surface area contributed by atoms with Gasteiger partial charge in [0, 0.05) is 17.4 Å². The van der Waals surface area contributed by atoms with Crippen LogP contribution in [0.2, 0.25) is 0 Å². The topological polar surface area (TPSA) is 79.4 Å². The van der Waals surface area contributed by atoms with E-state index in [-0.39, 0.29) is 6.42 Å². The molecular formula is C26H19N3O3S. The van der Waals surface area contributed by atoms with Crippen molar-refractivity contribution in [3.8, 4) is 11.3 Å². The highest BCUT2D eigenvalue weighted by Crippen LogP contribution is 2.28. The minimum atomic E-state index is -1.01. The van der Waals surface area contributed by atoms with Crippen LogP contribution in [-0.2, 0) is 11.2 Å². The number of benzene rings is 3. The summed E-state index contributed by atoms with van der Waals surface area (Å²) < 4.78 is 0. The van der Waals surface area contributed by atoms with Crippen molar-refractivity contribution in [1.29, 1.82) is 0 Å². The molecule has 1 unspecified atom stereocenters. The number of rotatable bonds is 6. The summed E-state index contributed by atoms with van der Waals surface area (Å²) in [4.78, 5) is 45.2. The molecular weight excluding hydrogens is 434 g/mol. The lowest BCUT2D eigenvalue weighted by molar-refractivity contribution is -0.119. The molecule has 1 aliphatic rings. The fourth-order valence-corrected chi connectivity index (χ4v) is 4.61. The standard InChI is InChI=1S/C26H19N3O3S/c30-23(28-26-27-21(16-33-26)18-11-5-2-6-12-18)22(15-17-9-3-1-4-10-17)29-24(31)19-13-7-8-14-20(19)25(29)32/h1-14,16,22H,15H2,(H,27,28,30). The number of aromatic nitrogens is 1. The molecule has 1 aromatic heterocycles. The first-order valence-electron chi connectivity index (χ1n) is 10.4. The lowest BCUT2D eigenvalue weighted by Crippen LogP contribution is -2.48. The fourth-order valence-electron chi connectivity index (χ4n) is 3.89. The molecule has 5 rings (SSSR count). The summed E-state index contributed by atoms with van der Waals surface area (Å²) in [6.07, 6.45) is 0.203. The lowest BCUT2D eigenvalue weighted by Gasteiger charge is -2.25. The van der Waals surface area contributed by atoms with Crippen molar-refractivity contribution >= 4 is 34.2 Å². The third-order valence-corrected chi connectivity index (χ3v) is 6.27. The van der Waals surface area contributed by atoms with Gasteiger partial charge in [0.2, 0.25) is 5.91 Å². The Morgan fingerprint density at radius 2 is 1.42 bits per heavy atom. The molecule has 33 heavy (non-hydrogen) atoms. The number of carbonyl (C=O) groups is 3. The first-order chi connectivity index (χ1) is 16.1. The zero-order valence-electron chi connectivity index (χ0n) is 17.5. The predicted molar refractivity (Wildman–Crippen MR) is 127 cm³/mol. The van der Waals surface area contributed by atoms with Crippen molar-refractivity contribution < 1.29 is 14.4 Å². The summed E-state index contributed by atoms with van der Waals surface area (Å²) in [5.74, 6) is -1.38. The van der Waals surface area contributed by atoms with Gasteiger partial charge in [0.25, 0.3) is 11.8 Å². The number of hydrogen-bond donors (Lipinski definition) is 1. The molecule has 3 amide bonds. The number of thiazole rings is 1. The van der Waals surface area contributed by atoms with E-state index in [1.165, 1.54) is 11.3 Å². The van der Waals surface area contributed by atoms with Crippen LogP contribution < -0.4 is 5.32 Å². The number of nitrogens with zero attached hydrogens (tertiary/aromatic N) is 2. The third kappa shape index (κ3) is 4.06. The quantitative estimate of drug-likeness (QED) is 0.431. The Balaban J connectivity index is 1.44. The highest BCUT2D eigenvalue weighted by atomic mass is 32.1. The fraction of sp³-hybridized carbons (Fsp3) is 0.0769. The Bertz CT molecular complexity index is 1300. The van der Waals surface area contributed by atoms with Crippen molar-refractivity contribution in [1.82, 2.24) is 9.88 Å². The van der Waals surface area contributed by atoms with Gasteiger partial charge in [-0.15, -0.1) is 11.3 Å². The van der Waals surface area contributed by atoms with Gasteiger partial charge in [0.15, 0.2) is 5.13 Å². The number of amides is 3. The summed E-state index contributed by atoms with van der Waals surface area (Å²) in [5.41, 5.74) is 3.16. The Morgan fingerprint density at radius 3 is 2.06 bits per heavy atom. The van der Waals surface area contributed by atoms with Crippen LogP contribution in [0.15, 0.2) is 90.3 Å². The second-order valence-corrected chi connectivity index (χ2v) is 8.48. The zero-order valence-corrected chi connectivity index (χ0v) is 18.3. The largest absolute Gasteiger partial charge is 0.300 e. The van der Waals surface area contributed by atoms with Crippen LogP contribution in [0.1, 0.15) is 26.3 Å². The van der Waals surface area contributed by atoms with Gasteiger partial charge in [-0.05, 0) is 17.7 Å². The van der Waals surface area contributed by atoms with Gasteiger partial charge in [-0.25, -0.2) is 4.98 Å². The highest BCUT2D eigenvalue weighted by Gasteiger charge is 2.42. The molecule has 0 bridgehead atoms. The van der Waals surface area contributed by atoms with Crippen LogP contribution >= 0.6 is 11.3 Å². The number of hydrogen-bond acceptors (Lipinski definition) is 5. The molecule has 162 valence electrons. The zero-order chi connectivity index (χ0) is 22.8. The van der Waals surface area contributed by atoms with Gasteiger partial charge in [-0.1, -0.05) is 72.8 Å². The molecule has 0 radical (unpaired) electrons. The molecule has 1 N–H and O–H groups in total. The molecule has 4 aromatic rings. The van der Waals surface area contributed by atoms with E-state index in [0.29, 0.717) is 16.3 Å². The van der Waals surface area contributed by atoms with Crippen LogP contribution in [0.5, 0.6) is 0 Å². The van der Waals surface area contributed by atoms with Gasteiger partial charge in [0.1, 0.15) is 6.04 Å². The average molecular weight is 454 g/mol. The first-order valence-corrected chi connectivity index (χ1v) is 11.3. The Kier molecular flexibility index (Phi) is 5.54. The molecule has 6 nitrogen and oxygen atoms in total. The molecule has 0 saturated heterocycles. The van der Waals surface area contributed by atoms with E-state index in [1.807, 2.05) is 66.0 Å². The minimum absolute atomic E-state index is 0.203. The maximum Gasteiger partial charge on any atom is 0.262 e. The van der Waals surface area contributed by atoms with Gasteiger partial charge >= 0.3 is 0 Å². The number of carbonyl (C=O) groups excluding carboxylic acids is 3. The normalized spacial score (nSPS) is 13.6. The van der Waals surface area contributed by atoms with Crippen molar-refractivity contribution in [2.24, 2.45) is 0 Å². The molecule has 1 aliphatic heterocycles. The second kappa shape index (κ2) is 8.80. The Labute approximate surface area is 194 Å². The lowest BCUT2D eigenvalue weighted by atomic mass is 10.0. The van der Waals surface area contributed by atoms with E-state index >= 15 is 0 Å². The van der Waals surface area contributed by atoms with E-state index in [1.54, 1.807) is 24.3 Å². The van der Waals surface area contributed by atoms with Crippen LogP contribution in [0.3, 0.4) is 0 Å². The van der Waals surface area contributed by atoms with E-state index in [0.717, 1.165) is 21.7 Å². The molecule has 0 saturated carbocycles. The summed E-state index contributed by atoms with van der Waals surface area (Å²) in [7, 11) is 0. The average Bonchev–Trinajstić information content (AvgIpc) is 3.42. The van der Waals surface area contributed by atoms with E-state index in [9.17, 15) is 14.4 Å². The molecule has 3 aromatic carbocycles. The van der Waals surface area contributed by atoms with Gasteiger partial charge in [-0.2, -0.15) is 0 Å². The maximum absolute atomic E-state index is 13.4.